The fourth-order valence-corrected chi connectivity index (χ4v) is 7.08. The zero-order chi connectivity index (χ0) is 19.9. The molecule has 28 heavy (non-hydrogen) atoms. The average Bonchev–Trinajstić information content (AvgIpc) is 3.34. The predicted octanol–water partition coefficient (Wildman–Crippen LogP) is 0.494. The molecule has 2 fully saturated rings. The summed E-state index contributed by atoms with van der Waals surface area (Å²) in [6, 6.07) is 6.25. The molecule has 2 saturated heterocycles. The third kappa shape index (κ3) is 3.66. The zero-order valence-corrected chi connectivity index (χ0v) is 17.3. The van der Waals surface area contributed by atoms with E-state index in [0.717, 1.165) is 30.0 Å². The fraction of sp³-hybridized carbons (Fsp3) is 0.579. The van der Waals surface area contributed by atoms with Crippen molar-refractivity contribution in [3.05, 3.63) is 42.0 Å². The number of rotatable bonds is 6. The maximum absolute atomic E-state index is 12.6. The van der Waals surface area contributed by atoms with Gasteiger partial charge in [-0.25, -0.2) is 18.1 Å². The molecule has 0 saturated carbocycles. The quantitative estimate of drug-likeness (QED) is 0.692. The highest BCUT2D eigenvalue weighted by atomic mass is 32.2. The molecule has 2 aliphatic rings. The fourth-order valence-electron chi connectivity index (χ4n) is 4.58. The molecule has 152 valence electrons. The van der Waals surface area contributed by atoms with Gasteiger partial charge in [-0.1, -0.05) is 6.07 Å². The summed E-state index contributed by atoms with van der Waals surface area (Å²) in [5.74, 6) is 1.29. The summed E-state index contributed by atoms with van der Waals surface area (Å²) in [6.45, 7) is 2.75. The lowest BCUT2D eigenvalue weighted by Crippen LogP contribution is -2.37. The van der Waals surface area contributed by atoms with Crippen molar-refractivity contribution in [3.63, 3.8) is 0 Å². The molecule has 3 heterocycles. The van der Waals surface area contributed by atoms with Gasteiger partial charge in [0, 0.05) is 37.2 Å². The summed E-state index contributed by atoms with van der Waals surface area (Å²) >= 11 is 0. The van der Waals surface area contributed by atoms with Crippen molar-refractivity contribution >= 4 is 9.84 Å². The molecule has 1 aromatic heterocycles. The van der Waals surface area contributed by atoms with E-state index in [9.17, 15) is 8.42 Å². The minimum absolute atomic E-state index is 0.110. The van der Waals surface area contributed by atoms with Crippen LogP contribution in [0, 0.1) is 5.92 Å². The highest BCUT2D eigenvalue weighted by Gasteiger charge is 2.52. The zero-order valence-electron chi connectivity index (χ0n) is 16.5. The van der Waals surface area contributed by atoms with Gasteiger partial charge in [0.15, 0.2) is 9.84 Å². The molecule has 0 bridgehead atoms. The number of hydrogen-bond donors (Lipinski definition) is 0. The van der Waals surface area contributed by atoms with Crippen LogP contribution < -0.4 is 4.74 Å². The van der Waals surface area contributed by atoms with E-state index in [1.54, 1.807) is 18.1 Å². The normalized spacial score (nSPS) is 26.6. The number of nitrogens with zero attached hydrogens (tertiary/aromatic N) is 5. The van der Waals surface area contributed by atoms with Crippen molar-refractivity contribution in [1.29, 1.82) is 0 Å². The number of sulfone groups is 1. The maximum atomic E-state index is 12.6. The first-order valence-corrected chi connectivity index (χ1v) is 11.2. The summed E-state index contributed by atoms with van der Waals surface area (Å²) in [5, 5.41) is 3.92. The Morgan fingerprint density at radius 1 is 1.25 bits per heavy atom. The number of likely N-dealkylation sites (tertiary alicyclic amines) is 1. The first-order valence-electron chi connectivity index (χ1n) is 9.46. The molecule has 0 unspecified atom stereocenters. The second-order valence-corrected chi connectivity index (χ2v) is 10.3. The molecule has 4 rings (SSSR count). The number of aromatic nitrogens is 3. The van der Waals surface area contributed by atoms with Crippen LogP contribution in [0.1, 0.15) is 11.1 Å². The SMILES string of the molecule is COc1ccc(CN2C[C@H]3[C@H](N(C)C)CS(=O)(=O)[C@H]3C2)cc1Cn1cncn1. The van der Waals surface area contributed by atoms with Crippen molar-refractivity contribution in [2.45, 2.75) is 24.4 Å². The van der Waals surface area contributed by atoms with Gasteiger partial charge in [-0.05, 0) is 31.8 Å². The number of fused-ring (bicyclic) bond motifs is 1. The maximum Gasteiger partial charge on any atom is 0.156 e. The summed E-state index contributed by atoms with van der Waals surface area (Å²) in [6.07, 6.45) is 3.20. The van der Waals surface area contributed by atoms with Crippen LogP contribution in [0.5, 0.6) is 5.75 Å². The van der Waals surface area contributed by atoms with Crippen LogP contribution in [0.2, 0.25) is 0 Å². The molecule has 8 nitrogen and oxygen atoms in total. The molecule has 9 heteroatoms. The van der Waals surface area contributed by atoms with E-state index in [1.807, 2.05) is 20.2 Å². The Kier molecular flexibility index (Phi) is 5.15. The van der Waals surface area contributed by atoms with Gasteiger partial charge in [0.05, 0.1) is 24.7 Å². The Morgan fingerprint density at radius 3 is 2.75 bits per heavy atom. The molecular weight excluding hydrogens is 378 g/mol. The molecule has 2 aromatic rings. The number of benzene rings is 1. The van der Waals surface area contributed by atoms with Gasteiger partial charge >= 0.3 is 0 Å². The summed E-state index contributed by atoms with van der Waals surface area (Å²) in [4.78, 5) is 8.32. The van der Waals surface area contributed by atoms with E-state index in [-0.39, 0.29) is 23.0 Å². The molecule has 0 radical (unpaired) electrons. The average molecular weight is 406 g/mol. The predicted molar refractivity (Wildman–Crippen MR) is 106 cm³/mol. The Labute approximate surface area is 166 Å². The first kappa shape index (κ1) is 19.4. The Bertz CT molecular complexity index is 929. The molecule has 0 N–H and O–H groups in total. The van der Waals surface area contributed by atoms with Gasteiger partial charge in [0.25, 0.3) is 0 Å². The van der Waals surface area contributed by atoms with Gasteiger partial charge in [0.2, 0.25) is 0 Å². The number of hydrogen-bond acceptors (Lipinski definition) is 7. The highest BCUT2D eigenvalue weighted by Crippen LogP contribution is 2.36. The van der Waals surface area contributed by atoms with Crippen LogP contribution in [-0.4, -0.2) is 84.3 Å². The molecule has 0 amide bonds. The van der Waals surface area contributed by atoms with Crippen LogP contribution >= 0.6 is 0 Å². The van der Waals surface area contributed by atoms with Crippen molar-refractivity contribution < 1.29 is 13.2 Å². The van der Waals surface area contributed by atoms with Crippen LogP contribution in [0.25, 0.3) is 0 Å². The third-order valence-corrected chi connectivity index (χ3v) is 8.18. The lowest BCUT2D eigenvalue weighted by molar-refractivity contribution is 0.229. The van der Waals surface area contributed by atoms with E-state index in [0.29, 0.717) is 13.1 Å². The number of methoxy groups -OCH3 is 1. The Balaban J connectivity index is 1.51. The second kappa shape index (κ2) is 7.46. The van der Waals surface area contributed by atoms with Gasteiger partial charge in [-0.2, -0.15) is 5.10 Å². The van der Waals surface area contributed by atoms with E-state index < -0.39 is 9.84 Å². The van der Waals surface area contributed by atoms with Gasteiger partial charge in [-0.3, -0.25) is 4.90 Å². The summed E-state index contributed by atoms with van der Waals surface area (Å²) < 4.78 is 32.4. The van der Waals surface area contributed by atoms with E-state index in [2.05, 4.69) is 32.0 Å². The molecule has 0 aliphatic carbocycles. The molecule has 3 atom stereocenters. The largest absolute Gasteiger partial charge is 0.496 e. The van der Waals surface area contributed by atoms with E-state index >= 15 is 0 Å². The van der Waals surface area contributed by atoms with Gasteiger partial charge in [0.1, 0.15) is 18.4 Å². The molecule has 2 aliphatic heterocycles. The monoisotopic (exact) mass is 405 g/mol. The van der Waals surface area contributed by atoms with E-state index in [1.165, 1.54) is 6.33 Å². The van der Waals surface area contributed by atoms with Crippen LogP contribution in [0.4, 0.5) is 0 Å². The third-order valence-electron chi connectivity index (χ3n) is 5.96. The molecule has 1 aromatic carbocycles. The highest BCUT2D eigenvalue weighted by molar-refractivity contribution is 7.92. The van der Waals surface area contributed by atoms with Crippen molar-refractivity contribution in [3.8, 4) is 5.75 Å². The number of ether oxygens (including phenoxy) is 1. The Hall–Kier alpha value is -1.97. The summed E-state index contributed by atoms with van der Waals surface area (Å²) in [5.41, 5.74) is 2.18. The van der Waals surface area contributed by atoms with E-state index in [4.69, 9.17) is 4.74 Å². The van der Waals surface area contributed by atoms with Gasteiger partial charge < -0.3 is 9.64 Å². The van der Waals surface area contributed by atoms with Gasteiger partial charge in [-0.15, -0.1) is 0 Å². The second-order valence-electron chi connectivity index (χ2n) is 8.00. The van der Waals surface area contributed by atoms with Crippen LogP contribution in [0.15, 0.2) is 30.9 Å². The minimum atomic E-state index is -3.02. The Morgan fingerprint density at radius 2 is 2.07 bits per heavy atom. The molecular formula is C19H27N5O3S. The minimum Gasteiger partial charge on any atom is -0.496 e. The van der Waals surface area contributed by atoms with Crippen molar-refractivity contribution in [2.75, 3.05) is 40.0 Å². The summed E-state index contributed by atoms with van der Waals surface area (Å²) in [7, 11) is 2.60. The standard InChI is InChI=1S/C19H27N5O3S/c1-22(2)17-11-28(25,26)19-10-23(9-16(17)19)7-14-4-5-18(27-3)15(6-14)8-24-13-20-12-21-24/h4-6,12-13,16-17,19H,7-11H2,1-3H3/t16-,17+,19-/m0/s1. The van der Waals surface area contributed by atoms with Crippen molar-refractivity contribution in [1.82, 2.24) is 24.6 Å². The van der Waals surface area contributed by atoms with Crippen LogP contribution in [-0.2, 0) is 22.9 Å². The van der Waals surface area contributed by atoms with Crippen LogP contribution in [0.3, 0.4) is 0 Å². The lowest BCUT2D eigenvalue weighted by Gasteiger charge is -2.25. The topological polar surface area (TPSA) is 80.6 Å². The molecule has 0 spiro atoms. The van der Waals surface area contributed by atoms with Crippen molar-refractivity contribution in [2.24, 2.45) is 5.92 Å². The first-order chi connectivity index (χ1) is 13.4. The smallest absolute Gasteiger partial charge is 0.156 e. The lowest BCUT2D eigenvalue weighted by atomic mass is 10.00.